The van der Waals surface area contributed by atoms with E-state index >= 15 is 0 Å². The molecule has 0 bridgehead atoms. The van der Waals surface area contributed by atoms with E-state index in [2.05, 4.69) is 47.6 Å². The number of fused-ring (bicyclic) bond motifs is 1. The van der Waals surface area contributed by atoms with Crippen LogP contribution in [-0.2, 0) is 6.54 Å². The third-order valence-corrected chi connectivity index (χ3v) is 5.60. The highest BCUT2D eigenvalue weighted by atomic mass is 19.4. The molecule has 34 heavy (non-hydrogen) atoms. The molecule has 4 rings (SSSR count). The molecule has 0 spiro atoms. The normalized spacial score (nSPS) is 12.5. The summed E-state index contributed by atoms with van der Waals surface area (Å²) in [5.74, 6) is 0.568. The van der Waals surface area contributed by atoms with Gasteiger partial charge < -0.3 is 14.8 Å². The van der Waals surface area contributed by atoms with Crippen LogP contribution in [0.1, 0.15) is 24.1 Å². The molecule has 1 N–H and O–H groups in total. The Labute approximate surface area is 196 Å². The topological polar surface area (TPSA) is 43.4 Å². The number of methoxy groups -OCH3 is 1. The van der Waals surface area contributed by atoms with Gasteiger partial charge in [-0.3, -0.25) is 0 Å². The highest BCUT2D eigenvalue weighted by Gasteiger charge is 2.28. The predicted octanol–water partition coefficient (Wildman–Crippen LogP) is 6.70. The molecule has 176 valence electrons. The van der Waals surface area contributed by atoms with E-state index in [0.717, 1.165) is 16.7 Å². The Balaban J connectivity index is 1.50. The summed E-state index contributed by atoms with van der Waals surface area (Å²) in [6.45, 7) is 1.39. The molecule has 0 fully saturated rings. The summed E-state index contributed by atoms with van der Waals surface area (Å²) in [7, 11) is 1.58. The maximum Gasteiger partial charge on any atom is 0.422 e. The van der Waals surface area contributed by atoms with Crippen LogP contribution in [0.3, 0.4) is 0 Å². The van der Waals surface area contributed by atoms with Crippen LogP contribution >= 0.6 is 0 Å². The van der Waals surface area contributed by atoms with Gasteiger partial charge in [-0.25, -0.2) is 4.98 Å². The molecule has 0 unspecified atom stereocenters. The Hall–Kier alpha value is -3.58. The minimum Gasteiger partial charge on any atom is -0.496 e. The summed E-state index contributed by atoms with van der Waals surface area (Å²) in [4.78, 5) is 4.01. The summed E-state index contributed by atoms with van der Waals surface area (Å²) in [5, 5.41) is 6.01. The average Bonchev–Trinajstić information content (AvgIpc) is 2.85. The molecule has 7 heteroatoms. The molecule has 0 amide bonds. The maximum atomic E-state index is 12.4. The van der Waals surface area contributed by atoms with E-state index in [-0.39, 0.29) is 11.9 Å². The van der Waals surface area contributed by atoms with Gasteiger partial charge in [0, 0.05) is 36.0 Å². The zero-order chi connectivity index (χ0) is 24.1. The largest absolute Gasteiger partial charge is 0.496 e. The molecule has 0 radical (unpaired) electrons. The number of halogens is 3. The van der Waals surface area contributed by atoms with Crippen LogP contribution < -0.4 is 14.8 Å². The summed E-state index contributed by atoms with van der Waals surface area (Å²) in [6, 6.07) is 23.7. The first-order chi connectivity index (χ1) is 16.3. The van der Waals surface area contributed by atoms with E-state index in [1.807, 2.05) is 30.3 Å². The zero-order valence-corrected chi connectivity index (χ0v) is 18.9. The second-order valence-electron chi connectivity index (χ2n) is 7.99. The summed E-state index contributed by atoms with van der Waals surface area (Å²) in [5.41, 5.74) is 3.79. The Bertz CT molecular complexity index is 1250. The lowest BCUT2D eigenvalue weighted by atomic mass is 9.99. The molecular formula is C27H25F3N2O2. The highest BCUT2D eigenvalue weighted by molar-refractivity contribution is 5.86. The van der Waals surface area contributed by atoms with Gasteiger partial charge in [-0.1, -0.05) is 48.5 Å². The van der Waals surface area contributed by atoms with Gasteiger partial charge in [0.1, 0.15) is 5.75 Å². The van der Waals surface area contributed by atoms with Gasteiger partial charge >= 0.3 is 6.18 Å². The zero-order valence-electron chi connectivity index (χ0n) is 18.9. The smallest absolute Gasteiger partial charge is 0.422 e. The molecule has 1 aromatic heterocycles. The fourth-order valence-corrected chi connectivity index (χ4v) is 3.88. The third-order valence-electron chi connectivity index (χ3n) is 5.60. The number of hydrogen-bond acceptors (Lipinski definition) is 4. The number of rotatable bonds is 8. The van der Waals surface area contributed by atoms with Crippen LogP contribution in [0.2, 0.25) is 0 Å². The summed E-state index contributed by atoms with van der Waals surface area (Å²) in [6.07, 6.45) is -2.92. The number of nitrogens with one attached hydrogen (secondary N) is 1. The molecule has 0 saturated carbocycles. The second kappa shape index (κ2) is 10.1. The van der Waals surface area contributed by atoms with Gasteiger partial charge in [-0.15, -0.1) is 0 Å². The number of hydrogen-bond donors (Lipinski definition) is 1. The first kappa shape index (κ1) is 23.6. The predicted molar refractivity (Wildman–Crippen MR) is 127 cm³/mol. The minimum absolute atomic E-state index is 0.0817. The fraction of sp³-hybridized carbons (Fsp3) is 0.222. The Kier molecular flexibility index (Phi) is 7.03. The van der Waals surface area contributed by atoms with Crippen molar-refractivity contribution < 1.29 is 22.6 Å². The standard InChI is InChI=1S/C27H25F3N2O2/c1-18(22-9-5-7-20-6-3-4-8-23(20)22)31-15-19-10-12-25(33-2)24(14-19)21-11-13-26(32-16-21)34-17-27(28,29)30/h3-14,16,18,31H,15,17H2,1-2H3/t18-/m1/s1. The molecular weight excluding hydrogens is 441 g/mol. The van der Waals surface area contributed by atoms with Crippen molar-refractivity contribution in [2.45, 2.75) is 25.7 Å². The lowest BCUT2D eigenvalue weighted by Crippen LogP contribution is -2.19. The SMILES string of the molecule is COc1ccc(CN[C@H](C)c2cccc3ccccc23)cc1-c1ccc(OCC(F)(F)F)nc1. The van der Waals surface area contributed by atoms with Crippen LogP contribution in [-0.4, -0.2) is 24.9 Å². The Morgan fingerprint density at radius 2 is 1.76 bits per heavy atom. The molecule has 3 aromatic carbocycles. The molecule has 0 aliphatic carbocycles. The van der Waals surface area contributed by atoms with Gasteiger partial charge in [0.2, 0.25) is 5.88 Å². The van der Waals surface area contributed by atoms with Crippen LogP contribution in [0.25, 0.3) is 21.9 Å². The van der Waals surface area contributed by atoms with Crippen molar-refractivity contribution in [3.05, 3.63) is 90.1 Å². The number of ether oxygens (including phenoxy) is 2. The van der Waals surface area contributed by atoms with Crippen molar-refractivity contribution >= 4 is 10.8 Å². The molecule has 4 nitrogen and oxygen atoms in total. The second-order valence-corrected chi connectivity index (χ2v) is 7.99. The number of pyridine rings is 1. The van der Waals surface area contributed by atoms with Crippen molar-refractivity contribution in [3.8, 4) is 22.8 Å². The molecule has 0 aliphatic heterocycles. The Morgan fingerprint density at radius 1 is 0.971 bits per heavy atom. The summed E-state index contributed by atoms with van der Waals surface area (Å²) >= 11 is 0. The van der Waals surface area contributed by atoms with Crippen LogP contribution in [0.15, 0.2) is 79.0 Å². The van der Waals surface area contributed by atoms with Crippen LogP contribution in [0, 0.1) is 0 Å². The van der Waals surface area contributed by atoms with E-state index in [1.54, 1.807) is 13.2 Å². The monoisotopic (exact) mass is 466 g/mol. The number of aromatic nitrogens is 1. The van der Waals surface area contributed by atoms with Crippen molar-refractivity contribution in [3.63, 3.8) is 0 Å². The van der Waals surface area contributed by atoms with Gasteiger partial charge in [0.25, 0.3) is 0 Å². The molecule has 0 aliphatic rings. The quantitative estimate of drug-likeness (QED) is 0.314. The van der Waals surface area contributed by atoms with E-state index in [9.17, 15) is 13.2 Å². The Morgan fingerprint density at radius 3 is 2.50 bits per heavy atom. The van der Waals surface area contributed by atoms with E-state index in [4.69, 9.17) is 9.47 Å². The molecule has 0 saturated heterocycles. The third kappa shape index (κ3) is 5.66. The van der Waals surface area contributed by atoms with Gasteiger partial charge in [-0.2, -0.15) is 13.2 Å². The molecule has 1 atom stereocenters. The van der Waals surface area contributed by atoms with Gasteiger partial charge in [-0.05, 0) is 47.0 Å². The maximum absolute atomic E-state index is 12.4. The fourth-order valence-electron chi connectivity index (χ4n) is 3.88. The lowest BCUT2D eigenvalue weighted by molar-refractivity contribution is -0.154. The summed E-state index contributed by atoms with van der Waals surface area (Å²) < 4.78 is 47.3. The molecule has 1 heterocycles. The number of nitrogens with zero attached hydrogens (tertiary/aromatic N) is 1. The average molecular weight is 467 g/mol. The van der Waals surface area contributed by atoms with Crippen LogP contribution in [0.4, 0.5) is 13.2 Å². The van der Waals surface area contributed by atoms with E-state index in [0.29, 0.717) is 12.3 Å². The van der Waals surface area contributed by atoms with Crippen LogP contribution in [0.5, 0.6) is 11.6 Å². The van der Waals surface area contributed by atoms with Crippen molar-refractivity contribution in [1.82, 2.24) is 10.3 Å². The van der Waals surface area contributed by atoms with Gasteiger partial charge in [0.15, 0.2) is 6.61 Å². The number of alkyl halides is 3. The van der Waals surface area contributed by atoms with E-state index in [1.165, 1.54) is 28.6 Å². The van der Waals surface area contributed by atoms with Crippen molar-refractivity contribution in [1.29, 1.82) is 0 Å². The first-order valence-electron chi connectivity index (χ1n) is 10.9. The van der Waals surface area contributed by atoms with Crippen molar-refractivity contribution in [2.75, 3.05) is 13.7 Å². The molecule has 4 aromatic rings. The number of benzene rings is 3. The highest BCUT2D eigenvalue weighted by Crippen LogP contribution is 2.32. The first-order valence-corrected chi connectivity index (χ1v) is 10.9. The van der Waals surface area contributed by atoms with Crippen molar-refractivity contribution in [2.24, 2.45) is 0 Å². The lowest BCUT2D eigenvalue weighted by Gasteiger charge is -2.18. The van der Waals surface area contributed by atoms with Gasteiger partial charge in [0.05, 0.1) is 7.11 Å². The minimum atomic E-state index is -4.41. The van der Waals surface area contributed by atoms with E-state index < -0.39 is 12.8 Å².